The van der Waals surface area contributed by atoms with Crippen molar-refractivity contribution in [1.82, 2.24) is 4.31 Å². The molecule has 1 N–H and O–H groups in total. The third-order valence-corrected chi connectivity index (χ3v) is 5.89. The fourth-order valence-electron chi connectivity index (χ4n) is 2.80. The van der Waals surface area contributed by atoms with Crippen molar-refractivity contribution in [2.24, 2.45) is 0 Å². The van der Waals surface area contributed by atoms with E-state index < -0.39 is 33.6 Å². The van der Waals surface area contributed by atoms with Crippen LogP contribution in [0.4, 0.5) is 5.69 Å². The van der Waals surface area contributed by atoms with Crippen LogP contribution in [-0.2, 0) is 19.6 Å². The maximum atomic E-state index is 12.5. The molecule has 0 saturated carbocycles. The molecule has 0 saturated heterocycles. The largest absolute Gasteiger partial charge is 0.481 e. The number of benzene rings is 1. The molecule has 0 aromatic heterocycles. The molecule has 1 aromatic carbocycles. The number of anilines is 1. The Bertz CT molecular complexity index is 712. The fourth-order valence-corrected chi connectivity index (χ4v) is 4.23. The number of para-hydroxylation sites is 1. The second-order valence-corrected chi connectivity index (χ2v) is 7.26. The van der Waals surface area contributed by atoms with Crippen LogP contribution in [0, 0.1) is 0 Å². The lowest BCUT2D eigenvalue weighted by Gasteiger charge is -2.21. The van der Waals surface area contributed by atoms with Crippen LogP contribution in [0.15, 0.2) is 24.3 Å². The molecule has 1 aliphatic rings. The van der Waals surface area contributed by atoms with Gasteiger partial charge in [-0.3, -0.25) is 9.59 Å². The molecule has 23 heavy (non-hydrogen) atoms. The van der Waals surface area contributed by atoms with Crippen molar-refractivity contribution in [3.8, 4) is 0 Å². The van der Waals surface area contributed by atoms with Gasteiger partial charge in [0.2, 0.25) is 15.9 Å². The summed E-state index contributed by atoms with van der Waals surface area (Å²) >= 11 is 0. The van der Waals surface area contributed by atoms with Gasteiger partial charge in [-0.05, 0) is 11.6 Å². The van der Waals surface area contributed by atoms with Crippen LogP contribution in [0.3, 0.4) is 0 Å². The Kier molecular flexibility index (Phi) is 5.06. The molecule has 2 rings (SSSR count). The predicted octanol–water partition coefficient (Wildman–Crippen LogP) is 0.873. The van der Waals surface area contributed by atoms with Gasteiger partial charge in [0.25, 0.3) is 0 Å². The van der Waals surface area contributed by atoms with Gasteiger partial charge in [0.05, 0.1) is 0 Å². The Morgan fingerprint density at radius 3 is 2.43 bits per heavy atom. The molecule has 1 aliphatic heterocycles. The van der Waals surface area contributed by atoms with Gasteiger partial charge in [0.15, 0.2) is 0 Å². The van der Waals surface area contributed by atoms with Crippen LogP contribution in [0.5, 0.6) is 0 Å². The van der Waals surface area contributed by atoms with Gasteiger partial charge in [-0.25, -0.2) is 12.7 Å². The lowest BCUT2D eigenvalue weighted by molar-refractivity contribution is -0.138. The van der Waals surface area contributed by atoms with E-state index in [1.165, 1.54) is 9.21 Å². The summed E-state index contributed by atoms with van der Waals surface area (Å²) in [6.07, 6.45) is 0. The van der Waals surface area contributed by atoms with E-state index in [2.05, 4.69) is 0 Å². The van der Waals surface area contributed by atoms with Crippen molar-refractivity contribution in [3.63, 3.8) is 0 Å². The summed E-state index contributed by atoms with van der Waals surface area (Å²) in [5.41, 5.74) is 1.01. The molecular weight excluding hydrogens is 320 g/mol. The number of amides is 1. The predicted molar refractivity (Wildman–Crippen MR) is 85.9 cm³/mol. The van der Waals surface area contributed by atoms with E-state index in [9.17, 15) is 23.1 Å². The lowest BCUT2D eigenvalue weighted by atomic mass is 10.0. The molecule has 1 amide bonds. The first-order valence-electron chi connectivity index (χ1n) is 7.41. The smallest absolute Gasteiger partial charge is 0.312 e. The first-order chi connectivity index (χ1) is 10.8. The number of hydrogen-bond donors (Lipinski definition) is 1. The van der Waals surface area contributed by atoms with Gasteiger partial charge in [-0.15, -0.1) is 0 Å². The number of rotatable bonds is 6. The van der Waals surface area contributed by atoms with Crippen molar-refractivity contribution in [2.75, 3.05) is 30.3 Å². The summed E-state index contributed by atoms with van der Waals surface area (Å²) in [7, 11) is -3.70. The molecular formula is C15H20N2O5S. The highest BCUT2D eigenvalue weighted by molar-refractivity contribution is 7.89. The maximum absolute atomic E-state index is 12.5. The summed E-state index contributed by atoms with van der Waals surface area (Å²) in [5, 5.41) is 9.29. The van der Waals surface area contributed by atoms with Gasteiger partial charge in [-0.1, -0.05) is 32.0 Å². The second kappa shape index (κ2) is 6.67. The number of carbonyl (C=O) groups is 2. The zero-order valence-corrected chi connectivity index (χ0v) is 13.9. The van der Waals surface area contributed by atoms with Crippen LogP contribution in [0.25, 0.3) is 0 Å². The average molecular weight is 340 g/mol. The fraction of sp³-hybridized carbons (Fsp3) is 0.467. The lowest BCUT2D eigenvalue weighted by Crippen LogP contribution is -2.41. The standard InChI is InChI=1S/C15H20N2O5S/c1-3-16(4-2)23(21,22)10-14(18)17-9-12(15(19)20)11-7-5-6-8-13(11)17/h5-8,12H,3-4,9-10H2,1-2H3,(H,19,20). The summed E-state index contributed by atoms with van der Waals surface area (Å²) in [4.78, 5) is 25.1. The minimum Gasteiger partial charge on any atom is -0.481 e. The minimum atomic E-state index is -3.70. The van der Waals surface area contributed by atoms with Gasteiger partial charge in [-0.2, -0.15) is 0 Å². The Morgan fingerprint density at radius 2 is 1.87 bits per heavy atom. The molecule has 1 atom stereocenters. The highest BCUT2D eigenvalue weighted by atomic mass is 32.2. The van der Waals surface area contributed by atoms with E-state index >= 15 is 0 Å². The SMILES string of the molecule is CCN(CC)S(=O)(=O)CC(=O)N1CC(C(=O)O)c2ccccc21. The molecule has 126 valence electrons. The Morgan fingerprint density at radius 1 is 1.26 bits per heavy atom. The number of aliphatic carboxylic acids is 1. The molecule has 0 bridgehead atoms. The Labute approximate surface area is 135 Å². The van der Waals surface area contributed by atoms with Crippen LogP contribution >= 0.6 is 0 Å². The zero-order chi connectivity index (χ0) is 17.2. The minimum absolute atomic E-state index is 0.0404. The van der Waals surface area contributed by atoms with E-state index in [4.69, 9.17) is 0 Å². The molecule has 1 unspecified atom stereocenters. The molecule has 8 heteroatoms. The quantitative estimate of drug-likeness (QED) is 0.829. The number of fused-ring (bicyclic) bond motifs is 1. The second-order valence-electron chi connectivity index (χ2n) is 5.29. The van der Waals surface area contributed by atoms with Crippen molar-refractivity contribution < 1.29 is 23.1 Å². The van der Waals surface area contributed by atoms with Crippen molar-refractivity contribution in [3.05, 3.63) is 29.8 Å². The highest BCUT2D eigenvalue weighted by Crippen LogP contribution is 2.36. The topological polar surface area (TPSA) is 95.0 Å². The number of carbonyl (C=O) groups excluding carboxylic acids is 1. The van der Waals surface area contributed by atoms with Crippen LogP contribution in [-0.4, -0.2) is 55.1 Å². The molecule has 0 aliphatic carbocycles. The molecule has 1 aromatic rings. The monoisotopic (exact) mass is 340 g/mol. The molecule has 0 spiro atoms. The van der Waals surface area contributed by atoms with E-state index in [0.717, 1.165) is 0 Å². The van der Waals surface area contributed by atoms with E-state index in [1.807, 2.05) is 0 Å². The molecule has 1 heterocycles. The Hall–Kier alpha value is -1.93. The van der Waals surface area contributed by atoms with Crippen molar-refractivity contribution >= 4 is 27.6 Å². The maximum Gasteiger partial charge on any atom is 0.312 e. The zero-order valence-electron chi connectivity index (χ0n) is 13.1. The summed E-state index contributed by atoms with van der Waals surface area (Å²) in [6, 6.07) is 6.69. The number of hydrogen-bond acceptors (Lipinski definition) is 4. The van der Waals surface area contributed by atoms with Crippen LogP contribution in [0.2, 0.25) is 0 Å². The van der Waals surface area contributed by atoms with E-state index in [0.29, 0.717) is 24.3 Å². The first kappa shape index (κ1) is 17.4. The molecule has 0 radical (unpaired) electrons. The summed E-state index contributed by atoms with van der Waals surface area (Å²) in [5.74, 6) is -3.12. The molecule has 7 nitrogen and oxygen atoms in total. The van der Waals surface area contributed by atoms with E-state index in [-0.39, 0.29) is 6.54 Å². The summed E-state index contributed by atoms with van der Waals surface area (Å²) < 4.78 is 25.7. The number of nitrogens with zero attached hydrogens (tertiary/aromatic N) is 2. The van der Waals surface area contributed by atoms with Gasteiger partial charge >= 0.3 is 5.97 Å². The highest BCUT2D eigenvalue weighted by Gasteiger charge is 2.38. The number of carboxylic acids is 1. The number of carboxylic acid groups (broad SMARTS) is 1. The van der Waals surface area contributed by atoms with Crippen molar-refractivity contribution in [2.45, 2.75) is 19.8 Å². The first-order valence-corrected chi connectivity index (χ1v) is 9.02. The van der Waals surface area contributed by atoms with Crippen molar-refractivity contribution in [1.29, 1.82) is 0 Å². The van der Waals surface area contributed by atoms with Crippen LogP contribution < -0.4 is 4.90 Å². The van der Waals surface area contributed by atoms with E-state index in [1.54, 1.807) is 38.1 Å². The van der Waals surface area contributed by atoms with Gasteiger partial charge in [0, 0.05) is 25.3 Å². The Balaban J connectivity index is 2.26. The third kappa shape index (κ3) is 3.37. The van der Waals surface area contributed by atoms with Crippen LogP contribution in [0.1, 0.15) is 25.3 Å². The normalized spacial score (nSPS) is 17.3. The van der Waals surface area contributed by atoms with Gasteiger partial charge in [0.1, 0.15) is 11.7 Å². The summed E-state index contributed by atoms with van der Waals surface area (Å²) in [6.45, 7) is 3.95. The average Bonchev–Trinajstić information content (AvgIpc) is 2.87. The third-order valence-electron chi connectivity index (χ3n) is 3.97. The number of sulfonamides is 1. The van der Waals surface area contributed by atoms with Gasteiger partial charge < -0.3 is 10.0 Å². The molecule has 0 fully saturated rings.